The third-order valence-corrected chi connectivity index (χ3v) is 26.8. The highest BCUT2D eigenvalue weighted by Crippen LogP contribution is 2.59. The Bertz CT molecular complexity index is 3780. The normalized spacial score (nSPS) is 18.9. The second-order valence-corrected chi connectivity index (χ2v) is 40.1. The van der Waals surface area contributed by atoms with Crippen molar-refractivity contribution in [3.05, 3.63) is 212 Å². The number of benzene rings is 6. The molecule has 2 N–H and O–H groups in total. The summed E-state index contributed by atoms with van der Waals surface area (Å²) in [5.41, 5.74) is 13.6. The second kappa shape index (κ2) is 49.6. The average Bonchev–Trinajstić information content (AvgIpc) is 0.739. The molecule has 0 spiro atoms. The van der Waals surface area contributed by atoms with E-state index in [0.29, 0.717) is 61.7 Å². The van der Waals surface area contributed by atoms with Crippen molar-refractivity contribution < 1.29 is 48.2 Å². The Morgan fingerprint density at radius 1 is 0.408 bits per heavy atom. The Labute approximate surface area is 733 Å². The maximum absolute atomic E-state index is 11.9. The molecular formula is C110H172O10. The standard InChI is InChI=1S/C23H34O.C19H30O3.C19H30O.C18H28O3.C16H26O.C15H24O/c1-5-16(2)20-6-8-21(9-7-20)22(3,4)24-23-13-17-10-18(14-23)12-19(11-17)15-23;1-6-19(4,5)18(21)22-12-11-15-7-9-16(10-8-15)17(20)13-14(2)3;1-5-15(2)16-11-13-17(14-12-16)19(3,4)20-18-9-7-6-8-10-18;1-5-7-16(19)15-10-8-14(9-11-15)12-13-21-17(20)18(3,4)6-2;1-7-13(4)14-8-10-15(11-9-14)16(5,6)17-12(2)3;1-6-12(3)13-8-10-14(11-9-13)15(4,5)16-7-2/h6-9,16-19H,5,10-15H2,1-4H3;7-10,14,17,20H,6,11-13H2,1-5H3;11-15,18H,5-10H2,1-4H3;8-11,16,19H,5-7,12-13H2,1-4H3;8-13H,7H2,1-6H3;8-12H,6-7H2,1-5H3. The summed E-state index contributed by atoms with van der Waals surface area (Å²) < 4.78 is 35.7. The van der Waals surface area contributed by atoms with Crippen LogP contribution >= 0.6 is 0 Å². The molecule has 5 saturated carbocycles. The molecule has 0 aliphatic heterocycles. The summed E-state index contributed by atoms with van der Waals surface area (Å²) in [7, 11) is 0. The fourth-order valence-corrected chi connectivity index (χ4v) is 17.4. The maximum Gasteiger partial charge on any atom is 0.311 e. The topological polar surface area (TPSA) is 130 Å². The lowest BCUT2D eigenvalue weighted by molar-refractivity contribution is -0.219. The van der Waals surface area contributed by atoms with Crippen molar-refractivity contribution in [2.24, 2.45) is 34.5 Å². The van der Waals surface area contributed by atoms with Crippen LogP contribution in [0.4, 0.5) is 0 Å². The zero-order valence-electron chi connectivity index (χ0n) is 81.1. The summed E-state index contributed by atoms with van der Waals surface area (Å²) in [6, 6.07) is 51.8. The van der Waals surface area contributed by atoms with Gasteiger partial charge in [0.25, 0.3) is 0 Å². The highest BCUT2D eigenvalue weighted by Gasteiger charge is 2.53. The Balaban J connectivity index is 0.000000258. The first-order chi connectivity index (χ1) is 56.4. The van der Waals surface area contributed by atoms with Gasteiger partial charge in [-0.25, -0.2) is 0 Å². The quantitative estimate of drug-likeness (QED) is 0.0367. The van der Waals surface area contributed by atoms with Crippen LogP contribution in [0.1, 0.15) is 425 Å². The summed E-state index contributed by atoms with van der Waals surface area (Å²) in [6.45, 7) is 61.2. The monoisotopic (exact) mass is 1650 g/mol. The molecule has 4 bridgehead atoms. The highest BCUT2D eigenvalue weighted by atomic mass is 16.5. The molecule has 0 radical (unpaired) electrons. The van der Waals surface area contributed by atoms with Crippen LogP contribution < -0.4 is 0 Å². The number of hydrogen-bond acceptors (Lipinski definition) is 10. The number of aliphatic hydroxyl groups excluding tert-OH is 2. The molecule has 10 heteroatoms. The summed E-state index contributed by atoms with van der Waals surface area (Å²) in [6.07, 6.45) is 25.0. The fourth-order valence-electron chi connectivity index (χ4n) is 17.4. The van der Waals surface area contributed by atoms with Crippen LogP contribution in [0.2, 0.25) is 0 Å². The number of carbonyl (C=O) groups is 2. The van der Waals surface area contributed by atoms with Crippen LogP contribution in [0.25, 0.3) is 0 Å². The molecule has 120 heavy (non-hydrogen) atoms. The molecule has 10 nitrogen and oxygen atoms in total. The molecule has 672 valence electrons. The van der Waals surface area contributed by atoms with Crippen molar-refractivity contribution in [1.82, 2.24) is 0 Å². The van der Waals surface area contributed by atoms with Crippen molar-refractivity contribution in [2.45, 2.75) is 411 Å². The lowest BCUT2D eigenvalue weighted by atomic mass is 9.54. The number of hydrogen-bond donors (Lipinski definition) is 2. The van der Waals surface area contributed by atoms with Crippen LogP contribution in [0, 0.1) is 34.5 Å². The van der Waals surface area contributed by atoms with E-state index in [-0.39, 0.29) is 52.2 Å². The number of ether oxygens (including phenoxy) is 6. The van der Waals surface area contributed by atoms with Gasteiger partial charge in [0, 0.05) is 19.4 Å². The van der Waals surface area contributed by atoms with E-state index in [1.807, 2.05) is 97.0 Å². The predicted octanol–water partition coefficient (Wildman–Crippen LogP) is 29.9. The molecule has 5 aliphatic rings. The summed E-state index contributed by atoms with van der Waals surface area (Å²) >= 11 is 0. The van der Waals surface area contributed by atoms with Crippen LogP contribution in [0.5, 0.6) is 0 Å². The molecule has 11 rings (SSSR count). The van der Waals surface area contributed by atoms with Gasteiger partial charge in [-0.3, -0.25) is 9.59 Å². The summed E-state index contributed by atoms with van der Waals surface area (Å²) in [5.74, 6) is 5.59. The summed E-state index contributed by atoms with van der Waals surface area (Å²) in [5, 5.41) is 20.0. The number of esters is 2. The van der Waals surface area contributed by atoms with Crippen molar-refractivity contribution in [3.8, 4) is 0 Å². The third-order valence-electron chi connectivity index (χ3n) is 26.8. The zero-order valence-corrected chi connectivity index (χ0v) is 81.1. The number of rotatable bonds is 36. The minimum atomic E-state index is -0.412. The van der Waals surface area contributed by atoms with Gasteiger partial charge in [-0.15, -0.1) is 0 Å². The largest absolute Gasteiger partial charge is 0.465 e. The highest BCUT2D eigenvalue weighted by molar-refractivity contribution is 5.76. The Morgan fingerprint density at radius 2 is 0.733 bits per heavy atom. The van der Waals surface area contributed by atoms with Crippen LogP contribution in [-0.2, 0) is 73.3 Å². The first-order valence-electron chi connectivity index (χ1n) is 47.5. The Hall–Kier alpha value is -5.98. The summed E-state index contributed by atoms with van der Waals surface area (Å²) in [4.78, 5) is 23.7. The minimum absolute atomic E-state index is 0.139. The van der Waals surface area contributed by atoms with E-state index < -0.39 is 16.9 Å². The van der Waals surface area contributed by atoms with Gasteiger partial charge in [-0.05, 0) is 321 Å². The Morgan fingerprint density at radius 3 is 1.05 bits per heavy atom. The predicted molar refractivity (Wildman–Crippen MR) is 505 cm³/mol. The molecular weight excluding hydrogens is 1480 g/mol. The number of aliphatic hydroxyl groups is 2. The van der Waals surface area contributed by atoms with E-state index in [4.69, 9.17) is 28.4 Å². The molecule has 0 saturated heterocycles. The fraction of sp³-hybridized carbons (Fsp3) is 0.655. The van der Waals surface area contributed by atoms with E-state index >= 15 is 0 Å². The SMILES string of the molecule is CCC(C)(C)C(=O)OCCc1ccc(C(O)CC(C)C)cc1.CCC(C)c1ccc(C(C)(C)OC(C)C)cc1.CCC(C)c1ccc(C(C)(C)OC23CC4CC(CC(C4)C2)C3)cc1.CCC(C)c1ccc(C(C)(C)OC2CCCCC2)cc1.CCCC(O)c1ccc(CCOC(=O)C(C)(C)CC)cc1.CCOC(C)(C)c1ccc(C(C)CC)cc1. The number of carbonyl (C=O) groups excluding carboxylic acids is 2. The van der Waals surface area contributed by atoms with Crippen molar-refractivity contribution >= 4 is 11.9 Å². The van der Waals surface area contributed by atoms with E-state index in [9.17, 15) is 19.8 Å². The smallest absolute Gasteiger partial charge is 0.311 e. The molecule has 6 atom stereocenters. The Kier molecular flexibility index (Phi) is 43.3. The van der Waals surface area contributed by atoms with Crippen LogP contribution in [-0.4, -0.2) is 59.8 Å². The van der Waals surface area contributed by atoms with Crippen molar-refractivity contribution in [3.63, 3.8) is 0 Å². The second-order valence-electron chi connectivity index (χ2n) is 40.1. The molecule has 6 unspecified atom stereocenters. The van der Waals surface area contributed by atoms with Gasteiger partial charge < -0.3 is 38.6 Å². The third kappa shape index (κ3) is 33.8. The first-order valence-corrected chi connectivity index (χ1v) is 47.5. The molecule has 0 aromatic heterocycles. The molecule has 6 aromatic rings. The molecule has 0 amide bonds. The van der Waals surface area contributed by atoms with Crippen LogP contribution in [0.3, 0.4) is 0 Å². The van der Waals surface area contributed by atoms with E-state index in [1.165, 1.54) is 141 Å². The van der Waals surface area contributed by atoms with Crippen molar-refractivity contribution in [2.75, 3.05) is 19.8 Å². The van der Waals surface area contributed by atoms with Gasteiger partial charge in [-0.2, -0.15) is 0 Å². The van der Waals surface area contributed by atoms with Crippen molar-refractivity contribution in [1.29, 1.82) is 0 Å². The maximum atomic E-state index is 11.9. The van der Waals surface area contributed by atoms with Gasteiger partial charge in [-0.1, -0.05) is 261 Å². The molecule has 5 fully saturated rings. The average molecular weight is 1650 g/mol. The van der Waals surface area contributed by atoms with Gasteiger partial charge in [0.05, 0.1) is 76.5 Å². The molecule has 0 heterocycles. The molecule has 5 aliphatic carbocycles. The minimum Gasteiger partial charge on any atom is -0.465 e. The lowest BCUT2D eigenvalue weighted by Gasteiger charge is -2.58. The van der Waals surface area contributed by atoms with E-state index in [2.05, 4.69) is 242 Å². The first kappa shape index (κ1) is 105. The lowest BCUT2D eigenvalue weighted by Crippen LogP contribution is -2.54. The van der Waals surface area contributed by atoms with E-state index in [0.717, 1.165) is 78.7 Å². The molecule has 6 aromatic carbocycles. The van der Waals surface area contributed by atoms with Gasteiger partial charge in [0.15, 0.2) is 0 Å². The zero-order chi connectivity index (χ0) is 89.4. The van der Waals surface area contributed by atoms with Gasteiger partial charge in [0.2, 0.25) is 0 Å². The van der Waals surface area contributed by atoms with Gasteiger partial charge in [0.1, 0.15) is 0 Å². The van der Waals surface area contributed by atoms with Gasteiger partial charge >= 0.3 is 11.9 Å². The van der Waals surface area contributed by atoms with Crippen LogP contribution in [0.15, 0.2) is 146 Å². The van der Waals surface area contributed by atoms with E-state index in [1.54, 1.807) is 0 Å².